The summed E-state index contributed by atoms with van der Waals surface area (Å²) in [4.78, 5) is 11.0. The van der Waals surface area contributed by atoms with Gasteiger partial charge in [-0.2, -0.15) is 0 Å². The zero-order chi connectivity index (χ0) is 21.3. The Morgan fingerprint density at radius 1 is 0.679 bits per heavy atom. The Morgan fingerprint density at radius 2 is 1.04 bits per heavy atom. The number of ether oxygens (including phenoxy) is 1. The summed E-state index contributed by atoms with van der Waals surface area (Å²) in [5, 5.41) is 25.1. The summed E-state index contributed by atoms with van der Waals surface area (Å²) >= 11 is 0. The summed E-state index contributed by atoms with van der Waals surface area (Å²) in [6.07, 6.45) is 18.9. The SMILES string of the molecule is CCCCCCCCCCCCCCCCOC(=O)C(C)O.OCCCCO. The van der Waals surface area contributed by atoms with Crippen LogP contribution in [-0.2, 0) is 9.53 Å². The molecule has 0 saturated carbocycles. The number of unbranched alkanes of at least 4 members (excludes halogenated alkanes) is 14. The lowest BCUT2D eigenvalue weighted by molar-refractivity contribution is -0.152. The van der Waals surface area contributed by atoms with E-state index >= 15 is 0 Å². The maximum atomic E-state index is 11.0. The van der Waals surface area contributed by atoms with Crippen LogP contribution in [0.2, 0.25) is 0 Å². The average molecular weight is 405 g/mol. The Bertz CT molecular complexity index is 291. The van der Waals surface area contributed by atoms with Gasteiger partial charge in [0.05, 0.1) is 6.61 Å². The van der Waals surface area contributed by atoms with Gasteiger partial charge in [-0.3, -0.25) is 0 Å². The first kappa shape index (κ1) is 29.6. The molecule has 0 radical (unpaired) electrons. The van der Waals surface area contributed by atoms with Crippen molar-refractivity contribution in [1.82, 2.24) is 0 Å². The number of hydrogen-bond acceptors (Lipinski definition) is 5. The first-order valence-corrected chi connectivity index (χ1v) is 11.7. The van der Waals surface area contributed by atoms with Crippen molar-refractivity contribution in [3.63, 3.8) is 0 Å². The van der Waals surface area contributed by atoms with Gasteiger partial charge in [0.15, 0.2) is 0 Å². The van der Waals surface area contributed by atoms with Crippen molar-refractivity contribution in [2.45, 2.75) is 123 Å². The van der Waals surface area contributed by atoms with E-state index < -0.39 is 12.1 Å². The summed E-state index contributed by atoms with van der Waals surface area (Å²) in [5.74, 6) is -0.505. The van der Waals surface area contributed by atoms with Crippen LogP contribution in [0.1, 0.15) is 117 Å². The molecule has 0 aromatic rings. The molecule has 0 aromatic heterocycles. The molecule has 1 unspecified atom stereocenters. The van der Waals surface area contributed by atoms with Gasteiger partial charge in [-0.05, 0) is 26.2 Å². The fraction of sp³-hybridized carbons (Fsp3) is 0.957. The van der Waals surface area contributed by atoms with Gasteiger partial charge in [-0.25, -0.2) is 4.79 Å². The fourth-order valence-corrected chi connectivity index (χ4v) is 2.81. The Labute approximate surface area is 173 Å². The lowest BCUT2D eigenvalue weighted by atomic mass is 10.0. The van der Waals surface area contributed by atoms with Crippen molar-refractivity contribution >= 4 is 5.97 Å². The Balaban J connectivity index is 0. The van der Waals surface area contributed by atoms with Crippen molar-refractivity contribution in [3.05, 3.63) is 0 Å². The third kappa shape index (κ3) is 27.6. The van der Waals surface area contributed by atoms with E-state index in [1.807, 2.05) is 0 Å². The van der Waals surface area contributed by atoms with Crippen LogP contribution in [0.15, 0.2) is 0 Å². The molecule has 0 aliphatic heterocycles. The molecule has 5 nitrogen and oxygen atoms in total. The molecule has 0 fully saturated rings. The molecule has 0 heterocycles. The molecule has 0 aliphatic rings. The predicted molar refractivity (Wildman–Crippen MR) is 116 cm³/mol. The smallest absolute Gasteiger partial charge is 0.334 e. The zero-order valence-corrected chi connectivity index (χ0v) is 18.7. The van der Waals surface area contributed by atoms with Crippen LogP contribution < -0.4 is 0 Å². The van der Waals surface area contributed by atoms with E-state index in [0.717, 1.165) is 25.7 Å². The van der Waals surface area contributed by atoms with E-state index in [1.54, 1.807) is 0 Å². The number of aliphatic hydroxyl groups excluding tert-OH is 3. The molecule has 0 aromatic carbocycles. The van der Waals surface area contributed by atoms with Crippen LogP contribution in [0.4, 0.5) is 0 Å². The van der Waals surface area contributed by atoms with Crippen molar-refractivity contribution in [2.75, 3.05) is 19.8 Å². The number of carbonyl (C=O) groups is 1. The van der Waals surface area contributed by atoms with Gasteiger partial charge < -0.3 is 20.1 Å². The van der Waals surface area contributed by atoms with Crippen molar-refractivity contribution in [1.29, 1.82) is 0 Å². The average Bonchev–Trinajstić information content (AvgIpc) is 2.69. The Hall–Kier alpha value is -0.650. The van der Waals surface area contributed by atoms with Crippen LogP contribution in [0.3, 0.4) is 0 Å². The highest BCUT2D eigenvalue weighted by atomic mass is 16.5. The minimum absolute atomic E-state index is 0.195. The third-order valence-corrected chi connectivity index (χ3v) is 4.65. The van der Waals surface area contributed by atoms with Gasteiger partial charge in [0.1, 0.15) is 6.10 Å². The van der Waals surface area contributed by atoms with Crippen molar-refractivity contribution < 1.29 is 24.9 Å². The van der Waals surface area contributed by atoms with Gasteiger partial charge in [0, 0.05) is 13.2 Å². The highest BCUT2D eigenvalue weighted by molar-refractivity contribution is 5.73. The molecular weight excluding hydrogens is 356 g/mol. The molecule has 3 N–H and O–H groups in total. The lowest BCUT2D eigenvalue weighted by Crippen LogP contribution is -2.19. The molecule has 0 saturated heterocycles. The van der Waals surface area contributed by atoms with E-state index in [-0.39, 0.29) is 13.2 Å². The lowest BCUT2D eigenvalue weighted by Gasteiger charge is -2.06. The van der Waals surface area contributed by atoms with Crippen molar-refractivity contribution in [2.24, 2.45) is 0 Å². The summed E-state index contributed by atoms with van der Waals surface area (Å²) in [6.45, 7) is 4.54. The maximum absolute atomic E-state index is 11.0. The number of aliphatic hydroxyl groups is 3. The summed E-state index contributed by atoms with van der Waals surface area (Å²) in [5.41, 5.74) is 0. The topological polar surface area (TPSA) is 87.0 Å². The second-order valence-corrected chi connectivity index (χ2v) is 7.59. The molecular formula is C23H48O5. The number of carbonyl (C=O) groups excluding carboxylic acids is 1. The molecule has 0 bridgehead atoms. The molecule has 5 heteroatoms. The number of hydrogen-bond donors (Lipinski definition) is 3. The molecule has 170 valence electrons. The molecule has 0 rings (SSSR count). The van der Waals surface area contributed by atoms with Gasteiger partial charge in [-0.15, -0.1) is 0 Å². The Kier molecular flexibility index (Phi) is 27.8. The molecule has 28 heavy (non-hydrogen) atoms. The Morgan fingerprint density at radius 3 is 1.36 bits per heavy atom. The van der Waals surface area contributed by atoms with Crippen molar-refractivity contribution in [3.8, 4) is 0 Å². The molecule has 0 amide bonds. The second-order valence-electron chi connectivity index (χ2n) is 7.59. The predicted octanol–water partition coefficient (Wildman–Crippen LogP) is 5.14. The monoisotopic (exact) mass is 404 g/mol. The van der Waals surface area contributed by atoms with Crippen LogP contribution >= 0.6 is 0 Å². The fourth-order valence-electron chi connectivity index (χ4n) is 2.81. The maximum Gasteiger partial charge on any atom is 0.334 e. The zero-order valence-electron chi connectivity index (χ0n) is 18.7. The van der Waals surface area contributed by atoms with Gasteiger partial charge in [0.25, 0.3) is 0 Å². The second kappa shape index (κ2) is 26.4. The summed E-state index contributed by atoms with van der Waals surface area (Å²) in [6, 6.07) is 0. The minimum atomic E-state index is -0.994. The van der Waals surface area contributed by atoms with Crippen LogP contribution in [-0.4, -0.2) is 47.2 Å². The largest absolute Gasteiger partial charge is 0.464 e. The highest BCUT2D eigenvalue weighted by Gasteiger charge is 2.08. The summed E-state index contributed by atoms with van der Waals surface area (Å²) in [7, 11) is 0. The molecule has 0 aliphatic carbocycles. The molecule has 1 atom stereocenters. The van der Waals surface area contributed by atoms with Crippen LogP contribution in [0.5, 0.6) is 0 Å². The van der Waals surface area contributed by atoms with E-state index in [1.165, 1.54) is 84.0 Å². The summed E-state index contributed by atoms with van der Waals surface area (Å²) < 4.78 is 4.92. The minimum Gasteiger partial charge on any atom is -0.464 e. The van der Waals surface area contributed by atoms with E-state index in [0.29, 0.717) is 6.61 Å². The third-order valence-electron chi connectivity index (χ3n) is 4.65. The standard InChI is InChI=1S/C19H38O3.C4H10O2/c1-3-4-5-6-7-8-9-10-11-12-13-14-15-16-17-22-19(21)18(2)20;5-3-1-2-4-6/h18,20H,3-17H2,1-2H3;5-6H,1-4H2. The quantitative estimate of drug-likeness (QED) is 0.205. The van der Waals surface area contributed by atoms with E-state index in [4.69, 9.17) is 20.1 Å². The van der Waals surface area contributed by atoms with Gasteiger partial charge in [0.2, 0.25) is 0 Å². The first-order valence-electron chi connectivity index (χ1n) is 11.7. The van der Waals surface area contributed by atoms with Gasteiger partial charge >= 0.3 is 5.97 Å². The number of esters is 1. The van der Waals surface area contributed by atoms with E-state index in [2.05, 4.69) is 6.92 Å². The number of rotatable bonds is 19. The van der Waals surface area contributed by atoms with E-state index in [9.17, 15) is 4.79 Å². The van der Waals surface area contributed by atoms with Gasteiger partial charge in [-0.1, -0.05) is 90.4 Å². The highest BCUT2D eigenvalue weighted by Crippen LogP contribution is 2.12. The molecule has 0 spiro atoms. The normalized spacial score (nSPS) is 11.6. The first-order chi connectivity index (χ1) is 13.6. The van der Waals surface area contributed by atoms with Crippen LogP contribution in [0.25, 0.3) is 0 Å². The van der Waals surface area contributed by atoms with Crippen LogP contribution in [0, 0.1) is 0 Å².